The molecule has 0 atom stereocenters. The SMILES string of the molecule is COc1c(OCC(=O)OC(C)(C)C)cccc1[S+](c1ccccc1)c1ccccc1. The molecule has 3 aromatic rings. The zero-order chi connectivity index (χ0) is 21.6. The summed E-state index contributed by atoms with van der Waals surface area (Å²) in [6.45, 7) is 5.31. The van der Waals surface area contributed by atoms with Gasteiger partial charge in [0.2, 0.25) is 10.6 Å². The smallest absolute Gasteiger partial charge is 0.344 e. The van der Waals surface area contributed by atoms with E-state index in [1.54, 1.807) is 7.11 Å². The fourth-order valence-electron chi connectivity index (χ4n) is 2.98. The van der Waals surface area contributed by atoms with Crippen LogP contribution >= 0.6 is 0 Å². The van der Waals surface area contributed by atoms with Crippen LogP contribution in [0.3, 0.4) is 0 Å². The molecule has 0 bridgehead atoms. The third kappa shape index (κ3) is 5.57. The second-order valence-corrected chi connectivity index (χ2v) is 9.59. The monoisotopic (exact) mass is 423 g/mol. The molecule has 0 aliphatic heterocycles. The fourth-order valence-corrected chi connectivity index (χ4v) is 5.20. The molecule has 156 valence electrons. The van der Waals surface area contributed by atoms with Crippen molar-refractivity contribution < 1.29 is 19.0 Å². The van der Waals surface area contributed by atoms with Gasteiger partial charge >= 0.3 is 5.97 Å². The summed E-state index contributed by atoms with van der Waals surface area (Å²) >= 11 is 0. The zero-order valence-electron chi connectivity index (χ0n) is 17.8. The summed E-state index contributed by atoms with van der Waals surface area (Å²) in [7, 11) is 1.23. The Bertz CT molecular complexity index is 926. The van der Waals surface area contributed by atoms with Crippen molar-refractivity contribution in [2.24, 2.45) is 0 Å². The third-order valence-corrected chi connectivity index (χ3v) is 6.34. The first-order valence-corrected chi connectivity index (χ1v) is 11.0. The molecule has 0 N–H and O–H groups in total. The van der Waals surface area contributed by atoms with E-state index in [0.29, 0.717) is 11.5 Å². The number of hydrogen-bond acceptors (Lipinski definition) is 4. The maximum Gasteiger partial charge on any atom is 0.344 e. The largest absolute Gasteiger partial charge is 0.489 e. The first-order chi connectivity index (χ1) is 14.4. The van der Waals surface area contributed by atoms with Crippen molar-refractivity contribution in [1.82, 2.24) is 0 Å². The summed E-state index contributed by atoms with van der Waals surface area (Å²) in [4.78, 5) is 15.4. The molecule has 0 amide bonds. The lowest BCUT2D eigenvalue weighted by Gasteiger charge is -2.20. The van der Waals surface area contributed by atoms with Gasteiger partial charge in [-0.2, -0.15) is 0 Å². The van der Waals surface area contributed by atoms with Crippen molar-refractivity contribution in [3.63, 3.8) is 0 Å². The highest BCUT2D eigenvalue weighted by atomic mass is 32.2. The third-order valence-electron chi connectivity index (χ3n) is 4.09. The van der Waals surface area contributed by atoms with Gasteiger partial charge in [-0.3, -0.25) is 0 Å². The molecular formula is C25H27O4S+. The number of rotatable bonds is 7. The van der Waals surface area contributed by atoms with Gasteiger partial charge < -0.3 is 14.2 Å². The molecule has 5 heteroatoms. The minimum absolute atomic E-state index is 0.179. The molecule has 0 spiro atoms. The van der Waals surface area contributed by atoms with E-state index in [2.05, 4.69) is 24.3 Å². The Morgan fingerprint density at radius 1 is 0.833 bits per heavy atom. The standard InChI is InChI=1S/C25H27O4S/c1-25(2,3)29-23(26)18-28-21-16-11-17-22(24(21)27-4)30(19-12-7-5-8-13-19)20-14-9-6-10-15-20/h5-17H,18H2,1-4H3/q+1. The number of esters is 1. The van der Waals surface area contributed by atoms with Gasteiger partial charge in [0.05, 0.1) is 7.11 Å². The predicted octanol–water partition coefficient (Wildman–Crippen LogP) is 5.51. The van der Waals surface area contributed by atoms with Crippen molar-refractivity contribution in [3.8, 4) is 11.5 Å². The topological polar surface area (TPSA) is 44.8 Å². The highest BCUT2D eigenvalue weighted by Gasteiger charge is 2.33. The molecule has 0 heterocycles. The highest BCUT2D eigenvalue weighted by Crippen LogP contribution is 2.41. The Balaban J connectivity index is 1.97. The molecule has 0 aliphatic rings. The van der Waals surface area contributed by atoms with Crippen molar-refractivity contribution in [1.29, 1.82) is 0 Å². The lowest BCUT2D eigenvalue weighted by atomic mass is 10.2. The van der Waals surface area contributed by atoms with E-state index in [0.717, 1.165) is 4.90 Å². The number of ether oxygens (including phenoxy) is 3. The van der Waals surface area contributed by atoms with E-state index in [4.69, 9.17) is 14.2 Å². The number of hydrogen-bond donors (Lipinski definition) is 0. The van der Waals surface area contributed by atoms with Crippen LogP contribution in [0.15, 0.2) is 93.5 Å². The van der Waals surface area contributed by atoms with Gasteiger partial charge in [-0.25, -0.2) is 4.79 Å². The Hall–Kier alpha value is -2.92. The lowest BCUT2D eigenvalue weighted by molar-refractivity contribution is -0.157. The summed E-state index contributed by atoms with van der Waals surface area (Å²) < 4.78 is 16.9. The number of carbonyl (C=O) groups excluding carboxylic acids is 1. The zero-order valence-corrected chi connectivity index (χ0v) is 18.6. The molecule has 30 heavy (non-hydrogen) atoms. The van der Waals surface area contributed by atoms with E-state index < -0.39 is 11.6 Å². The van der Waals surface area contributed by atoms with E-state index in [1.165, 1.54) is 9.79 Å². The summed E-state index contributed by atoms with van der Waals surface area (Å²) in [5, 5.41) is 0. The first kappa shape index (κ1) is 21.8. The van der Waals surface area contributed by atoms with Crippen LogP contribution < -0.4 is 9.47 Å². The summed E-state index contributed by atoms with van der Waals surface area (Å²) in [5.41, 5.74) is -0.556. The van der Waals surface area contributed by atoms with Crippen LogP contribution in [-0.4, -0.2) is 25.3 Å². The van der Waals surface area contributed by atoms with Crippen LogP contribution in [0.25, 0.3) is 0 Å². The van der Waals surface area contributed by atoms with Crippen molar-refractivity contribution in [2.75, 3.05) is 13.7 Å². The van der Waals surface area contributed by atoms with Crippen molar-refractivity contribution >= 4 is 16.9 Å². The van der Waals surface area contributed by atoms with Crippen LogP contribution in [0.4, 0.5) is 0 Å². The second-order valence-electron chi connectivity index (χ2n) is 7.59. The van der Waals surface area contributed by atoms with Gasteiger partial charge in [0.1, 0.15) is 16.5 Å². The van der Waals surface area contributed by atoms with E-state index in [9.17, 15) is 4.79 Å². The maximum absolute atomic E-state index is 12.1. The quantitative estimate of drug-likeness (QED) is 0.371. The summed E-state index contributed by atoms with van der Waals surface area (Å²) in [6, 6.07) is 26.4. The fraction of sp³-hybridized carbons (Fsp3) is 0.240. The average molecular weight is 424 g/mol. The molecule has 0 radical (unpaired) electrons. The molecule has 0 fully saturated rings. The molecular weight excluding hydrogens is 396 g/mol. The van der Waals surface area contributed by atoms with Gasteiger partial charge in [0.15, 0.2) is 22.1 Å². The summed E-state index contributed by atoms with van der Waals surface area (Å²) in [6.07, 6.45) is 0. The molecule has 0 saturated carbocycles. The van der Waals surface area contributed by atoms with Gasteiger partial charge in [-0.1, -0.05) is 42.5 Å². The van der Waals surface area contributed by atoms with E-state index in [-0.39, 0.29) is 17.5 Å². The van der Waals surface area contributed by atoms with Crippen molar-refractivity contribution in [3.05, 3.63) is 78.9 Å². The molecule has 3 rings (SSSR count). The molecule has 0 aromatic heterocycles. The van der Waals surface area contributed by atoms with Crippen LogP contribution in [0.1, 0.15) is 20.8 Å². The van der Waals surface area contributed by atoms with E-state index in [1.807, 2.05) is 75.4 Å². The van der Waals surface area contributed by atoms with Crippen LogP contribution in [-0.2, 0) is 20.4 Å². The molecule has 0 saturated heterocycles. The van der Waals surface area contributed by atoms with Gasteiger partial charge in [-0.15, -0.1) is 0 Å². The lowest BCUT2D eigenvalue weighted by Crippen LogP contribution is -2.27. The molecule has 4 nitrogen and oxygen atoms in total. The van der Waals surface area contributed by atoms with Gasteiger partial charge in [0.25, 0.3) is 0 Å². The van der Waals surface area contributed by atoms with Crippen LogP contribution in [0.2, 0.25) is 0 Å². The Morgan fingerprint density at radius 3 is 1.90 bits per heavy atom. The van der Waals surface area contributed by atoms with Gasteiger partial charge in [0, 0.05) is 0 Å². The second kappa shape index (κ2) is 9.72. The molecule has 0 unspecified atom stereocenters. The maximum atomic E-state index is 12.1. The highest BCUT2D eigenvalue weighted by molar-refractivity contribution is 7.97. The first-order valence-electron chi connectivity index (χ1n) is 9.75. The Kier molecular flexibility index (Phi) is 7.06. The number of benzene rings is 3. The number of para-hydroxylation sites is 1. The van der Waals surface area contributed by atoms with Crippen LogP contribution in [0.5, 0.6) is 11.5 Å². The van der Waals surface area contributed by atoms with Crippen molar-refractivity contribution in [2.45, 2.75) is 41.1 Å². The molecule has 3 aromatic carbocycles. The Morgan fingerprint density at radius 2 is 1.40 bits per heavy atom. The van der Waals surface area contributed by atoms with Crippen LogP contribution in [0, 0.1) is 0 Å². The Labute approximate surface area is 181 Å². The molecule has 0 aliphatic carbocycles. The number of carbonyl (C=O) groups is 1. The predicted molar refractivity (Wildman–Crippen MR) is 119 cm³/mol. The van der Waals surface area contributed by atoms with E-state index >= 15 is 0 Å². The minimum atomic E-state index is -0.556. The minimum Gasteiger partial charge on any atom is -0.489 e. The number of methoxy groups -OCH3 is 1. The van der Waals surface area contributed by atoms with Gasteiger partial charge in [-0.05, 0) is 57.2 Å². The summed E-state index contributed by atoms with van der Waals surface area (Å²) in [5.74, 6) is 0.724. The normalized spacial score (nSPS) is 11.2. The average Bonchev–Trinajstić information content (AvgIpc) is 2.73.